The van der Waals surface area contributed by atoms with Crippen molar-refractivity contribution in [3.63, 3.8) is 0 Å². The molecule has 0 aromatic carbocycles. The Kier molecular flexibility index (Phi) is 4.43. The van der Waals surface area contributed by atoms with Crippen LogP contribution in [0.3, 0.4) is 0 Å². The van der Waals surface area contributed by atoms with Crippen molar-refractivity contribution in [2.45, 2.75) is 55.5 Å². The van der Waals surface area contributed by atoms with Gasteiger partial charge in [-0.15, -0.1) is 5.10 Å². The maximum Gasteiger partial charge on any atom is 0.0963 e. The first kappa shape index (κ1) is 14.5. The maximum atomic E-state index is 6.08. The largest absolute Gasteiger partial charge is 0.381 e. The van der Waals surface area contributed by atoms with E-state index in [0.29, 0.717) is 10.9 Å². The number of hydrogen-bond acceptors (Lipinski definition) is 4. The Morgan fingerprint density at radius 3 is 3.00 bits per heavy atom. The van der Waals surface area contributed by atoms with E-state index in [0.717, 1.165) is 57.6 Å². The number of aromatic nitrogens is 3. The molecular weight excluding hydrogens is 322 g/mol. The predicted molar refractivity (Wildman–Crippen MR) is 79.0 cm³/mol. The van der Waals surface area contributed by atoms with Crippen molar-refractivity contribution in [3.8, 4) is 0 Å². The lowest BCUT2D eigenvalue weighted by atomic mass is 9.84. The molecule has 2 fully saturated rings. The average molecular weight is 344 g/mol. The second kappa shape index (κ2) is 6.12. The van der Waals surface area contributed by atoms with Crippen LogP contribution in [0, 0.1) is 0 Å². The van der Waals surface area contributed by atoms with Crippen LogP contribution < -0.4 is 0 Å². The highest BCUT2D eigenvalue weighted by atomic mass is 79.9. The van der Waals surface area contributed by atoms with Crippen molar-refractivity contribution < 1.29 is 9.47 Å². The first-order valence-electron chi connectivity index (χ1n) is 7.50. The molecule has 0 radical (unpaired) electrons. The minimum Gasteiger partial charge on any atom is -0.381 e. The summed E-state index contributed by atoms with van der Waals surface area (Å²) in [4.78, 5) is 0.299. The molecule has 2 saturated heterocycles. The van der Waals surface area contributed by atoms with Gasteiger partial charge in [0.15, 0.2) is 0 Å². The maximum absolute atomic E-state index is 6.08. The molecule has 1 aromatic rings. The van der Waals surface area contributed by atoms with Crippen LogP contribution in [-0.2, 0) is 9.47 Å². The average Bonchev–Trinajstić information content (AvgIpc) is 2.97. The zero-order valence-electron chi connectivity index (χ0n) is 11.9. The molecule has 2 atom stereocenters. The Balaban J connectivity index is 1.71. The third-order valence-electron chi connectivity index (χ3n) is 4.45. The van der Waals surface area contributed by atoms with Crippen molar-refractivity contribution in [3.05, 3.63) is 11.9 Å². The van der Waals surface area contributed by atoms with Gasteiger partial charge in [-0.05, 0) is 32.1 Å². The lowest BCUT2D eigenvalue weighted by Crippen LogP contribution is -2.44. The molecule has 0 N–H and O–H groups in total. The third kappa shape index (κ3) is 2.92. The summed E-state index contributed by atoms with van der Waals surface area (Å²) in [6.07, 6.45) is 7.16. The normalized spacial score (nSPS) is 27.6. The standard InChI is InChI=1S/C14H22BrN3O2/c1-2-12(15)13-10-18(17-16-13)11-3-6-20-14(9-11)4-7-19-8-5-14/h10-12H,2-9H2,1H3. The Morgan fingerprint density at radius 1 is 1.45 bits per heavy atom. The Morgan fingerprint density at radius 2 is 2.25 bits per heavy atom. The molecule has 6 heteroatoms. The van der Waals surface area contributed by atoms with Crippen LogP contribution >= 0.6 is 15.9 Å². The molecule has 0 amide bonds. The van der Waals surface area contributed by atoms with E-state index < -0.39 is 0 Å². The smallest absolute Gasteiger partial charge is 0.0963 e. The van der Waals surface area contributed by atoms with Gasteiger partial charge >= 0.3 is 0 Å². The van der Waals surface area contributed by atoms with Crippen molar-refractivity contribution in [1.29, 1.82) is 0 Å². The van der Waals surface area contributed by atoms with Gasteiger partial charge in [0, 0.05) is 26.0 Å². The summed E-state index contributed by atoms with van der Waals surface area (Å²) in [5.41, 5.74) is 1.03. The third-order valence-corrected chi connectivity index (χ3v) is 5.57. The van der Waals surface area contributed by atoms with E-state index >= 15 is 0 Å². The van der Waals surface area contributed by atoms with Crippen LogP contribution in [0.25, 0.3) is 0 Å². The molecule has 0 aliphatic carbocycles. The molecule has 1 spiro atoms. The van der Waals surface area contributed by atoms with Gasteiger partial charge in [-0.25, -0.2) is 4.68 Å². The molecule has 1 aromatic heterocycles. The predicted octanol–water partition coefficient (Wildman–Crippen LogP) is 3.02. The van der Waals surface area contributed by atoms with E-state index in [1.807, 2.05) is 4.68 Å². The topological polar surface area (TPSA) is 49.2 Å². The van der Waals surface area contributed by atoms with E-state index in [9.17, 15) is 0 Å². The van der Waals surface area contributed by atoms with Crippen molar-refractivity contribution in [1.82, 2.24) is 15.0 Å². The molecule has 112 valence electrons. The second-order valence-corrected chi connectivity index (χ2v) is 6.89. The van der Waals surface area contributed by atoms with Crippen LogP contribution in [0.1, 0.15) is 55.6 Å². The summed E-state index contributed by atoms with van der Waals surface area (Å²) in [7, 11) is 0. The first-order valence-corrected chi connectivity index (χ1v) is 8.41. The molecule has 2 aliphatic heterocycles. The number of ether oxygens (including phenoxy) is 2. The van der Waals surface area contributed by atoms with Gasteiger partial charge in [-0.2, -0.15) is 0 Å². The summed E-state index contributed by atoms with van der Waals surface area (Å²) in [5.74, 6) is 0. The molecule has 5 nitrogen and oxygen atoms in total. The zero-order chi connectivity index (χ0) is 14.0. The van der Waals surface area contributed by atoms with Crippen molar-refractivity contribution in [2.75, 3.05) is 19.8 Å². The van der Waals surface area contributed by atoms with Crippen LogP contribution in [0.5, 0.6) is 0 Å². The fourth-order valence-corrected chi connectivity index (χ4v) is 3.35. The van der Waals surface area contributed by atoms with Gasteiger partial charge in [0.2, 0.25) is 0 Å². The minimum absolute atomic E-state index is 0.00579. The zero-order valence-corrected chi connectivity index (χ0v) is 13.5. The Labute approximate surface area is 128 Å². The fourth-order valence-electron chi connectivity index (χ4n) is 3.14. The minimum atomic E-state index is 0.00579. The van der Waals surface area contributed by atoms with E-state index in [1.165, 1.54) is 0 Å². The molecule has 2 aliphatic rings. The number of rotatable bonds is 3. The number of alkyl halides is 1. The quantitative estimate of drug-likeness (QED) is 0.791. The highest BCUT2D eigenvalue weighted by molar-refractivity contribution is 9.09. The summed E-state index contributed by atoms with van der Waals surface area (Å²) < 4.78 is 13.6. The lowest BCUT2D eigenvalue weighted by Gasteiger charge is -2.43. The Hall–Kier alpha value is -0.460. The van der Waals surface area contributed by atoms with Crippen LogP contribution in [0.4, 0.5) is 0 Å². The van der Waals surface area contributed by atoms with Crippen molar-refractivity contribution >= 4 is 15.9 Å². The van der Waals surface area contributed by atoms with E-state index in [-0.39, 0.29) is 5.60 Å². The first-order chi connectivity index (χ1) is 9.72. The number of halogens is 1. The summed E-state index contributed by atoms with van der Waals surface area (Å²) in [5, 5.41) is 8.63. The van der Waals surface area contributed by atoms with Gasteiger partial charge in [0.1, 0.15) is 0 Å². The molecule has 3 rings (SSSR count). The summed E-state index contributed by atoms with van der Waals surface area (Å²) in [6, 6.07) is 0.402. The van der Waals surface area contributed by atoms with Crippen molar-refractivity contribution in [2.24, 2.45) is 0 Å². The number of nitrogens with zero attached hydrogens (tertiary/aromatic N) is 3. The van der Waals surface area contributed by atoms with Gasteiger partial charge in [0.25, 0.3) is 0 Å². The van der Waals surface area contributed by atoms with Crippen LogP contribution in [-0.4, -0.2) is 40.4 Å². The van der Waals surface area contributed by atoms with E-state index in [2.05, 4.69) is 39.4 Å². The fraction of sp³-hybridized carbons (Fsp3) is 0.857. The molecule has 0 bridgehead atoms. The summed E-state index contributed by atoms with van der Waals surface area (Å²) >= 11 is 3.64. The highest BCUT2D eigenvalue weighted by Crippen LogP contribution is 2.39. The lowest BCUT2D eigenvalue weighted by molar-refractivity contribution is -0.145. The van der Waals surface area contributed by atoms with Gasteiger partial charge in [0.05, 0.1) is 22.2 Å². The van der Waals surface area contributed by atoms with Gasteiger partial charge < -0.3 is 9.47 Å². The molecule has 2 unspecified atom stereocenters. The second-order valence-electron chi connectivity index (χ2n) is 5.79. The van der Waals surface area contributed by atoms with E-state index in [1.54, 1.807) is 0 Å². The SMILES string of the molecule is CCC(Br)c1cn(C2CCOC3(CCOCC3)C2)nn1. The van der Waals surface area contributed by atoms with Crippen LogP contribution in [0.15, 0.2) is 6.20 Å². The van der Waals surface area contributed by atoms with Gasteiger partial charge in [-0.3, -0.25) is 0 Å². The molecule has 20 heavy (non-hydrogen) atoms. The van der Waals surface area contributed by atoms with Gasteiger partial charge in [-0.1, -0.05) is 28.1 Å². The number of hydrogen-bond donors (Lipinski definition) is 0. The van der Waals surface area contributed by atoms with Crippen LogP contribution in [0.2, 0.25) is 0 Å². The molecule has 0 saturated carbocycles. The molecular formula is C14H22BrN3O2. The highest BCUT2D eigenvalue weighted by Gasteiger charge is 2.40. The monoisotopic (exact) mass is 343 g/mol. The molecule has 3 heterocycles. The Bertz CT molecular complexity index is 440. The summed E-state index contributed by atoms with van der Waals surface area (Å²) in [6.45, 7) is 4.58. The van der Waals surface area contributed by atoms with E-state index in [4.69, 9.17) is 9.47 Å².